The first-order chi connectivity index (χ1) is 12.5. The average molecular weight is 358 g/mol. The first-order valence-corrected chi connectivity index (χ1v) is 8.08. The number of alkyl halides is 3. The van der Waals surface area contributed by atoms with Crippen molar-refractivity contribution in [2.24, 2.45) is 0 Å². The van der Waals surface area contributed by atoms with Gasteiger partial charge in [-0.15, -0.1) is 0 Å². The van der Waals surface area contributed by atoms with Gasteiger partial charge in [-0.25, -0.2) is 4.98 Å². The van der Waals surface area contributed by atoms with Crippen LogP contribution in [0.5, 0.6) is 0 Å². The van der Waals surface area contributed by atoms with Crippen LogP contribution in [0.4, 0.5) is 36.3 Å². The Bertz CT molecular complexity index is 876. The topological polar surface area (TPSA) is 49.8 Å². The average Bonchev–Trinajstić information content (AvgIpc) is 2.62. The minimum atomic E-state index is -4.45. The van der Waals surface area contributed by atoms with E-state index < -0.39 is 11.7 Å². The van der Waals surface area contributed by atoms with E-state index in [0.29, 0.717) is 5.95 Å². The Hall–Kier alpha value is -3.09. The Balaban J connectivity index is 1.80. The maximum absolute atomic E-state index is 13.1. The molecule has 2 aromatic carbocycles. The molecule has 4 nitrogen and oxygen atoms in total. The van der Waals surface area contributed by atoms with Crippen molar-refractivity contribution in [1.29, 1.82) is 0 Å². The highest BCUT2D eigenvalue weighted by Gasteiger charge is 2.33. The van der Waals surface area contributed by atoms with E-state index in [2.05, 4.69) is 27.5 Å². The molecule has 0 amide bonds. The monoisotopic (exact) mass is 358 g/mol. The molecule has 134 valence electrons. The number of aromatic nitrogens is 2. The van der Waals surface area contributed by atoms with Gasteiger partial charge in [0, 0.05) is 11.9 Å². The standard InChI is InChI=1S/C19H17F3N4/c1-2-13-7-9-14(10-8-13)24-18-23-12-11-17(26-18)25-16-6-4-3-5-15(16)19(20,21)22/h3-12H,2H2,1H3,(H2,23,24,25,26). The van der Waals surface area contributed by atoms with Crippen LogP contribution in [0.15, 0.2) is 60.8 Å². The van der Waals surface area contributed by atoms with Crippen LogP contribution >= 0.6 is 0 Å². The zero-order valence-corrected chi connectivity index (χ0v) is 14.0. The van der Waals surface area contributed by atoms with Crippen molar-refractivity contribution in [3.8, 4) is 0 Å². The molecule has 2 N–H and O–H groups in total. The molecule has 0 aliphatic rings. The van der Waals surface area contributed by atoms with Gasteiger partial charge < -0.3 is 10.6 Å². The molecule has 1 heterocycles. The predicted octanol–water partition coefficient (Wildman–Crippen LogP) is 5.55. The number of nitrogens with one attached hydrogen (secondary N) is 2. The van der Waals surface area contributed by atoms with E-state index in [4.69, 9.17) is 0 Å². The van der Waals surface area contributed by atoms with Crippen LogP contribution < -0.4 is 10.6 Å². The summed E-state index contributed by atoms with van der Waals surface area (Å²) in [5.41, 5.74) is 1.20. The zero-order valence-electron chi connectivity index (χ0n) is 14.0. The fourth-order valence-corrected chi connectivity index (χ4v) is 2.42. The summed E-state index contributed by atoms with van der Waals surface area (Å²) in [4.78, 5) is 8.33. The maximum atomic E-state index is 13.1. The number of aryl methyl sites for hydroxylation is 1. The molecule has 0 saturated heterocycles. The zero-order chi connectivity index (χ0) is 18.6. The molecule has 26 heavy (non-hydrogen) atoms. The van der Waals surface area contributed by atoms with Crippen LogP contribution in [0.2, 0.25) is 0 Å². The molecule has 0 bridgehead atoms. The summed E-state index contributed by atoms with van der Waals surface area (Å²) in [6.07, 6.45) is -2.03. The molecule has 0 aliphatic carbocycles. The summed E-state index contributed by atoms with van der Waals surface area (Å²) < 4.78 is 39.3. The van der Waals surface area contributed by atoms with Crippen LogP contribution in [-0.2, 0) is 12.6 Å². The minimum absolute atomic E-state index is 0.0584. The molecule has 3 rings (SSSR count). The SMILES string of the molecule is CCc1ccc(Nc2nccc(Nc3ccccc3C(F)(F)F)n2)cc1. The Labute approximate surface area is 149 Å². The van der Waals surface area contributed by atoms with Crippen molar-refractivity contribution in [2.75, 3.05) is 10.6 Å². The largest absolute Gasteiger partial charge is 0.418 e. The fourth-order valence-electron chi connectivity index (χ4n) is 2.42. The molecule has 3 aromatic rings. The molecule has 7 heteroatoms. The lowest BCUT2D eigenvalue weighted by Crippen LogP contribution is -2.09. The number of benzene rings is 2. The Kier molecular flexibility index (Phi) is 5.06. The van der Waals surface area contributed by atoms with E-state index in [1.54, 1.807) is 0 Å². The molecule has 0 fully saturated rings. The lowest BCUT2D eigenvalue weighted by molar-refractivity contribution is -0.136. The molecule has 0 atom stereocenters. The van der Waals surface area contributed by atoms with Crippen LogP contribution in [0.25, 0.3) is 0 Å². The third-order valence-corrected chi connectivity index (χ3v) is 3.77. The molecule has 0 saturated carbocycles. The number of para-hydroxylation sites is 1. The van der Waals surface area contributed by atoms with Gasteiger partial charge in [0.2, 0.25) is 5.95 Å². The highest BCUT2D eigenvalue weighted by molar-refractivity contribution is 5.63. The first kappa shape index (κ1) is 17.7. The van der Waals surface area contributed by atoms with Gasteiger partial charge in [-0.3, -0.25) is 0 Å². The molecule has 0 radical (unpaired) electrons. The normalized spacial score (nSPS) is 11.2. The molecule has 0 spiro atoms. The second-order valence-electron chi connectivity index (χ2n) is 5.61. The lowest BCUT2D eigenvalue weighted by Gasteiger charge is -2.14. The molecular formula is C19H17F3N4. The van der Waals surface area contributed by atoms with Crippen molar-refractivity contribution >= 4 is 23.1 Å². The van der Waals surface area contributed by atoms with Gasteiger partial charge in [-0.1, -0.05) is 31.2 Å². The Morgan fingerprint density at radius 3 is 2.35 bits per heavy atom. The lowest BCUT2D eigenvalue weighted by atomic mass is 10.1. The summed E-state index contributed by atoms with van der Waals surface area (Å²) >= 11 is 0. The van der Waals surface area contributed by atoms with Crippen molar-refractivity contribution < 1.29 is 13.2 Å². The Morgan fingerprint density at radius 1 is 0.923 bits per heavy atom. The highest BCUT2D eigenvalue weighted by Crippen LogP contribution is 2.35. The van der Waals surface area contributed by atoms with Crippen molar-refractivity contribution in [3.63, 3.8) is 0 Å². The third-order valence-electron chi connectivity index (χ3n) is 3.77. The number of halogens is 3. The number of nitrogens with zero attached hydrogens (tertiary/aromatic N) is 2. The van der Waals surface area contributed by atoms with Crippen molar-refractivity contribution in [2.45, 2.75) is 19.5 Å². The molecule has 1 aromatic heterocycles. The van der Waals surface area contributed by atoms with Crippen LogP contribution in [0.3, 0.4) is 0 Å². The second-order valence-corrected chi connectivity index (χ2v) is 5.61. The van der Waals surface area contributed by atoms with Crippen molar-refractivity contribution in [3.05, 3.63) is 71.9 Å². The van der Waals surface area contributed by atoms with Gasteiger partial charge in [0.05, 0.1) is 11.3 Å². The number of hydrogen-bond donors (Lipinski definition) is 2. The van der Waals surface area contributed by atoms with Gasteiger partial charge >= 0.3 is 6.18 Å². The molecular weight excluding hydrogens is 341 g/mol. The van der Waals surface area contributed by atoms with E-state index in [-0.39, 0.29) is 11.5 Å². The fraction of sp³-hybridized carbons (Fsp3) is 0.158. The third kappa shape index (κ3) is 4.30. The van der Waals surface area contributed by atoms with Gasteiger partial charge in [0.25, 0.3) is 0 Å². The van der Waals surface area contributed by atoms with Gasteiger partial charge in [-0.2, -0.15) is 18.2 Å². The van der Waals surface area contributed by atoms with E-state index in [1.165, 1.54) is 36.0 Å². The van der Waals surface area contributed by atoms with Gasteiger partial charge in [-0.05, 0) is 42.3 Å². The van der Waals surface area contributed by atoms with Crippen LogP contribution in [0, 0.1) is 0 Å². The van der Waals surface area contributed by atoms with E-state index >= 15 is 0 Å². The smallest absolute Gasteiger partial charge is 0.340 e. The second kappa shape index (κ2) is 7.43. The van der Waals surface area contributed by atoms with Crippen molar-refractivity contribution in [1.82, 2.24) is 9.97 Å². The van der Waals surface area contributed by atoms with E-state index in [0.717, 1.165) is 18.2 Å². The summed E-state index contributed by atoms with van der Waals surface area (Å²) in [5.74, 6) is 0.563. The molecule has 0 aliphatic heterocycles. The maximum Gasteiger partial charge on any atom is 0.418 e. The highest BCUT2D eigenvalue weighted by atomic mass is 19.4. The van der Waals surface area contributed by atoms with Gasteiger partial charge in [0.1, 0.15) is 5.82 Å². The first-order valence-electron chi connectivity index (χ1n) is 8.08. The van der Waals surface area contributed by atoms with E-state index in [9.17, 15) is 13.2 Å². The summed E-state index contributed by atoms with van der Waals surface area (Å²) in [5, 5.41) is 5.75. The van der Waals surface area contributed by atoms with E-state index in [1.807, 2.05) is 24.3 Å². The quantitative estimate of drug-likeness (QED) is 0.628. The minimum Gasteiger partial charge on any atom is -0.340 e. The Morgan fingerprint density at radius 2 is 1.65 bits per heavy atom. The number of anilines is 4. The number of rotatable bonds is 5. The summed E-state index contributed by atoms with van der Waals surface area (Å²) in [7, 11) is 0. The van der Waals surface area contributed by atoms with Crippen LogP contribution in [0.1, 0.15) is 18.1 Å². The number of hydrogen-bond acceptors (Lipinski definition) is 4. The summed E-state index contributed by atoms with van der Waals surface area (Å²) in [6, 6.07) is 14.6. The predicted molar refractivity (Wildman–Crippen MR) is 95.9 cm³/mol. The van der Waals surface area contributed by atoms with Crippen LogP contribution in [-0.4, -0.2) is 9.97 Å². The summed E-state index contributed by atoms with van der Waals surface area (Å²) in [6.45, 7) is 2.07. The molecule has 0 unspecified atom stereocenters. The van der Waals surface area contributed by atoms with Gasteiger partial charge in [0.15, 0.2) is 0 Å².